The van der Waals surface area contributed by atoms with Gasteiger partial charge in [-0.25, -0.2) is 9.98 Å². The number of nitrogens with zero attached hydrogens (tertiary/aromatic N) is 3. The minimum absolute atomic E-state index is 0. The van der Waals surface area contributed by atoms with Gasteiger partial charge in [-0.15, -0.1) is 24.0 Å². The van der Waals surface area contributed by atoms with E-state index in [0.717, 1.165) is 31.4 Å². The molecule has 0 aliphatic carbocycles. The summed E-state index contributed by atoms with van der Waals surface area (Å²) in [5.74, 6) is 2.39. The maximum atomic E-state index is 5.81. The number of likely N-dealkylation sites (tertiary alicyclic amines) is 1. The van der Waals surface area contributed by atoms with E-state index in [1.54, 1.807) is 0 Å². The zero-order valence-corrected chi connectivity index (χ0v) is 19.1. The Morgan fingerprint density at radius 1 is 1.19 bits per heavy atom. The Kier molecular flexibility index (Phi) is 10.5. The van der Waals surface area contributed by atoms with Crippen molar-refractivity contribution in [3.05, 3.63) is 17.8 Å². The zero-order chi connectivity index (χ0) is 18.1. The summed E-state index contributed by atoms with van der Waals surface area (Å²) in [5.41, 5.74) is -0.0229. The highest BCUT2D eigenvalue weighted by Gasteiger charge is 2.19. The summed E-state index contributed by atoms with van der Waals surface area (Å²) >= 11 is 0. The number of halogens is 1. The molecule has 1 aromatic rings. The van der Waals surface area contributed by atoms with Crippen LogP contribution in [0.4, 0.5) is 0 Å². The van der Waals surface area contributed by atoms with Gasteiger partial charge in [0.2, 0.25) is 5.89 Å². The number of guanidine groups is 1. The summed E-state index contributed by atoms with van der Waals surface area (Å²) in [6, 6.07) is 0. The van der Waals surface area contributed by atoms with E-state index < -0.39 is 0 Å². The molecule has 1 saturated heterocycles. The second-order valence-electron chi connectivity index (χ2n) is 7.75. The van der Waals surface area contributed by atoms with E-state index in [9.17, 15) is 0 Å². The van der Waals surface area contributed by atoms with Crippen LogP contribution in [0.15, 0.2) is 15.6 Å². The van der Waals surface area contributed by atoms with Crippen LogP contribution in [0, 0.1) is 0 Å². The normalized spacial score (nSPS) is 16.7. The molecule has 0 spiro atoms. The Balaban J connectivity index is 0.00000338. The van der Waals surface area contributed by atoms with E-state index in [1.165, 1.54) is 38.8 Å². The maximum absolute atomic E-state index is 5.81. The van der Waals surface area contributed by atoms with E-state index >= 15 is 0 Å². The largest absolute Gasteiger partial charge is 0.443 e. The second-order valence-corrected chi connectivity index (χ2v) is 7.75. The van der Waals surface area contributed by atoms with Crippen molar-refractivity contribution in [2.75, 3.05) is 32.7 Å². The van der Waals surface area contributed by atoms with Crippen LogP contribution in [0.5, 0.6) is 0 Å². The Hall–Kier alpha value is -0.830. The molecule has 0 bridgehead atoms. The molecule has 0 aromatic carbocycles. The van der Waals surface area contributed by atoms with Gasteiger partial charge in [0.25, 0.3) is 0 Å². The molecule has 6 nitrogen and oxygen atoms in total. The van der Waals surface area contributed by atoms with Crippen molar-refractivity contribution in [3.8, 4) is 0 Å². The summed E-state index contributed by atoms with van der Waals surface area (Å²) in [7, 11) is 0. The fourth-order valence-corrected chi connectivity index (χ4v) is 2.91. The van der Waals surface area contributed by atoms with Gasteiger partial charge in [0.05, 0.1) is 6.20 Å². The van der Waals surface area contributed by atoms with Gasteiger partial charge in [-0.1, -0.05) is 33.6 Å². The first-order valence-electron chi connectivity index (χ1n) is 9.69. The van der Waals surface area contributed by atoms with Crippen molar-refractivity contribution in [1.29, 1.82) is 0 Å². The highest BCUT2D eigenvalue weighted by atomic mass is 127. The van der Waals surface area contributed by atoms with E-state index in [1.807, 2.05) is 6.20 Å². The molecule has 0 atom stereocenters. The molecule has 0 radical (unpaired) electrons. The molecule has 7 heteroatoms. The lowest BCUT2D eigenvalue weighted by atomic mass is 9.94. The summed E-state index contributed by atoms with van der Waals surface area (Å²) in [6.45, 7) is 14.2. The second kappa shape index (κ2) is 11.8. The van der Waals surface area contributed by atoms with Crippen molar-refractivity contribution >= 4 is 29.9 Å². The first-order valence-corrected chi connectivity index (χ1v) is 9.69. The van der Waals surface area contributed by atoms with E-state index in [0.29, 0.717) is 12.4 Å². The van der Waals surface area contributed by atoms with Crippen LogP contribution >= 0.6 is 24.0 Å². The van der Waals surface area contributed by atoms with Gasteiger partial charge in [0.15, 0.2) is 5.96 Å². The van der Waals surface area contributed by atoms with Crippen LogP contribution in [0.25, 0.3) is 0 Å². The minimum Gasteiger partial charge on any atom is -0.443 e. The number of rotatable bonds is 6. The van der Waals surface area contributed by atoms with Gasteiger partial charge in [0, 0.05) is 25.0 Å². The molecule has 2 heterocycles. The van der Waals surface area contributed by atoms with Crippen LogP contribution < -0.4 is 10.6 Å². The van der Waals surface area contributed by atoms with Crippen molar-refractivity contribution < 1.29 is 4.42 Å². The van der Waals surface area contributed by atoms with Gasteiger partial charge in [0.1, 0.15) is 12.3 Å². The molecule has 1 aliphatic heterocycles. The van der Waals surface area contributed by atoms with Crippen LogP contribution in [0.2, 0.25) is 0 Å². The molecule has 1 aliphatic rings. The molecule has 0 saturated carbocycles. The molecular weight excluding hydrogens is 441 g/mol. The lowest BCUT2D eigenvalue weighted by molar-refractivity contribution is 0.289. The summed E-state index contributed by atoms with van der Waals surface area (Å²) in [5, 5.41) is 6.71. The smallest absolute Gasteiger partial charge is 0.216 e. The Bertz CT molecular complexity index is 530. The average molecular weight is 477 g/mol. The van der Waals surface area contributed by atoms with Crippen molar-refractivity contribution in [2.45, 2.75) is 65.3 Å². The first kappa shape index (κ1) is 23.2. The highest BCUT2D eigenvalue weighted by Crippen LogP contribution is 2.22. The predicted octanol–water partition coefficient (Wildman–Crippen LogP) is 3.52. The van der Waals surface area contributed by atoms with Gasteiger partial charge < -0.3 is 20.0 Å². The molecule has 26 heavy (non-hydrogen) atoms. The number of aromatic nitrogens is 1. The zero-order valence-electron chi connectivity index (χ0n) is 16.8. The van der Waals surface area contributed by atoms with Gasteiger partial charge in [-0.05, 0) is 32.9 Å². The number of hydrogen-bond donors (Lipinski definition) is 2. The average Bonchev–Trinajstić information content (AvgIpc) is 2.90. The van der Waals surface area contributed by atoms with Crippen LogP contribution in [0.1, 0.15) is 65.0 Å². The Morgan fingerprint density at radius 3 is 2.46 bits per heavy atom. The summed E-state index contributed by atoms with van der Waals surface area (Å²) in [4.78, 5) is 11.5. The molecular formula is C19H36IN5O. The third-order valence-corrected chi connectivity index (χ3v) is 4.43. The van der Waals surface area contributed by atoms with Crippen LogP contribution in [0.3, 0.4) is 0 Å². The van der Waals surface area contributed by atoms with Crippen LogP contribution in [-0.4, -0.2) is 48.6 Å². The standard InChI is InChI=1S/C19H35N5O.HI/c1-5-20-18(21-10-13-24-11-8-6-7-9-12-24)23-15-17-22-14-16(25-17)19(2,3)4;/h14H,5-13,15H2,1-4H3,(H2,20,21,23);1H. The van der Waals surface area contributed by atoms with Gasteiger partial charge >= 0.3 is 0 Å². The lowest BCUT2D eigenvalue weighted by Gasteiger charge is -2.20. The minimum atomic E-state index is -0.0229. The number of nitrogens with one attached hydrogen (secondary N) is 2. The fourth-order valence-electron chi connectivity index (χ4n) is 2.91. The molecule has 2 N–H and O–H groups in total. The monoisotopic (exact) mass is 477 g/mol. The third kappa shape index (κ3) is 8.24. The number of oxazole rings is 1. The quantitative estimate of drug-likeness (QED) is 0.373. The molecule has 1 fully saturated rings. The molecule has 1 aromatic heterocycles. The van der Waals surface area contributed by atoms with Crippen molar-refractivity contribution in [2.24, 2.45) is 4.99 Å². The van der Waals surface area contributed by atoms with E-state index in [4.69, 9.17) is 4.42 Å². The van der Waals surface area contributed by atoms with E-state index in [2.05, 4.69) is 53.2 Å². The lowest BCUT2D eigenvalue weighted by Crippen LogP contribution is -2.41. The highest BCUT2D eigenvalue weighted by molar-refractivity contribution is 14.0. The maximum Gasteiger partial charge on any atom is 0.216 e. The fraction of sp³-hybridized carbons (Fsp3) is 0.789. The number of aliphatic imine (C=N–C) groups is 1. The van der Waals surface area contributed by atoms with Crippen molar-refractivity contribution in [1.82, 2.24) is 20.5 Å². The predicted molar refractivity (Wildman–Crippen MR) is 118 cm³/mol. The molecule has 150 valence electrons. The SMILES string of the molecule is CCNC(=NCc1ncc(C(C)(C)C)o1)NCCN1CCCCCC1.I. The van der Waals surface area contributed by atoms with Crippen molar-refractivity contribution in [3.63, 3.8) is 0 Å². The Morgan fingerprint density at radius 2 is 1.88 bits per heavy atom. The summed E-state index contributed by atoms with van der Waals surface area (Å²) < 4.78 is 5.81. The number of hydrogen-bond acceptors (Lipinski definition) is 4. The topological polar surface area (TPSA) is 65.7 Å². The molecule has 2 rings (SSSR count). The van der Waals surface area contributed by atoms with Gasteiger partial charge in [-0.3, -0.25) is 0 Å². The Labute approximate surface area is 175 Å². The van der Waals surface area contributed by atoms with Crippen LogP contribution in [-0.2, 0) is 12.0 Å². The third-order valence-electron chi connectivity index (χ3n) is 4.43. The molecule has 0 unspecified atom stereocenters. The van der Waals surface area contributed by atoms with Gasteiger partial charge in [-0.2, -0.15) is 0 Å². The molecule has 0 amide bonds. The van der Waals surface area contributed by atoms with E-state index in [-0.39, 0.29) is 29.4 Å². The summed E-state index contributed by atoms with van der Waals surface area (Å²) in [6.07, 6.45) is 7.22. The first-order chi connectivity index (χ1) is 12.0.